The van der Waals surface area contributed by atoms with E-state index in [1.807, 2.05) is 13.8 Å². The molecule has 0 radical (unpaired) electrons. The van der Waals surface area contributed by atoms with Crippen LogP contribution in [-0.2, 0) is 19.1 Å². The molecule has 1 rings (SSSR count). The van der Waals surface area contributed by atoms with Gasteiger partial charge in [0.2, 0.25) is 0 Å². The van der Waals surface area contributed by atoms with Crippen molar-refractivity contribution in [2.75, 3.05) is 27.4 Å². The van der Waals surface area contributed by atoms with Gasteiger partial charge in [0.05, 0.1) is 13.2 Å². The van der Waals surface area contributed by atoms with E-state index in [0.717, 1.165) is 6.42 Å². The topological polar surface area (TPSA) is 77.0 Å². The van der Waals surface area contributed by atoms with E-state index in [1.165, 1.54) is 12.5 Å². The Morgan fingerprint density at radius 3 is 1.96 bits per heavy atom. The van der Waals surface area contributed by atoms with Gasteiger partial charge in [-0.25, -0.2) is 0 Å². The number of aliphatic imine (C=N–C) groups is 1. The molecule has 0 amide bonds. The standard InChI is InChI=1S/C11H21NO2.C7H13NO2.C4H8/c1-8-10(3,4)6-11(12-8,7-14-5)9(2)13;1-4-8-7(5-10-3)6(2)9;1-4(2)3/h8,12H,6-7H2,1-5H3;4,7H,5H2,1-3H3;1H2,2-3H3. The zero-order valence-electron chi connectivity index (χ0n) is 19.6. The van der Waals surface area contributed by atoms with E-state index >= 15 is 0 Å². The fraction of sp³-hybridized carbons (Fsp3) is 0.773. The maximum absolute atomic E-state index is 11.6. The zero-order valence-corrected chi connectivity index (χ0v) is 19.6. The number of nitrogens with one attached hydrogen (secondary N) is 1. The number of hydrogen-bond acceptors (Lipinski definition) is 6. The third kappa shape index (κ3) is 10.8. The van der Waals surface area contributed by atoms with Crippen LogP contribution in [0.3, 0.4) is 0 Å². The number of nitrogens with zero attached hydrogens (tertiary/aromatic N) is 1. The monoisotopic (exact) mass is 398 g/mol. The highest BCUT2D eigenvalue weighted by atomic mass is 16.5. The highest BCUT2D eigenvalue weighted by Crippen LogP contribution is 2.39. The van der Waals surface area contributed by atoms with Crippen LogP contribution < -0.4 is 5.32 Å². The quantitative estimate of drug-likeness (QED) is 0.523. The molecule has 3 unspecified atom stereocenters. The number of allylic oxidation sites excluding steroid dienone is 1. The Hall–Kier alpha value is -1.37. The lowest BCUT2D eigenvalue weighted by Crippen LogP contribution is -2.51. The van der Waals surface area contributed by atoms with Crippen molar-refractivity contribution in [1.82, 2.24) is 5.32 Å². The number of methoxy groups -OCH3 is 2. The maximum atomic E-state index is 11.6. The predicted molar refractivity (Wildman–Crippen MR) is 117 cm³/mol. The SMILES string of the molecule is C=C(C)C.CC=NC(COC)C(C)=O.COCC1(C(C)=O)CC(C)(C)C(C)N1. The van der Waals surface area contributed by atoms with Gasteiger partial charge in [-0.1, -0.05) is 19.4 Å². The molecule has 0 aromatic rings. The number of ether oxygens (including phenoxy) is 2. The Morgan fingerprint density at radius 2 is 1.71 bits per heavy atom. The van der Waals surface area contributed by atoms with Crippen molar-refractivity contribution in [2.24, 2.45) is 10.4 Å². The minimum absolute atomic E-state index is 0.0416. The molecule has 1 aliphatic rings. The van der Waals surface area contributed by atoms with Crippen molar-refractivity contribution in [3.05, 3.63) is 12.2 Å². The molecule has 6 nitrogen and oxygen atoms in total. The van der Waals surface area contributed by atoms with Crippen molar-refractivity contribution in [1.29, 1.82) is 0 Å². The normalized spacial score (nSPS) is 23.9. The Kier molecular flexibility index (Phi) is 14.2. The highest BCUT2D eigenvalue weighted by molar-refractivity contribution is 5.87. The molecular formula is C22H42N2O4. The number of carbonyl (C=O) groups is 2. The van der Waals surface area contributed by atoms with Crippen LogP contribution in [0.15, 0.2) is 17.1 Å². The van der Waals surface area contributed by atoms with Crippen molar-refractivity contribution < 1.29 is 19.1 Å². The van der Waals surface area contributed by atoms with E-state index in [-0.39, 0.29) is 23.0 Å². The summed E-state index contributed by atoms with van der Waals surface area (Å²) in [5, 5.41) is 3.38. The largest absolute Gasteiger partial charge is 0.382 e. The third-order valence-corrected chi connectivity index (χ3v) is 4.61. The van der Waals surface area contributed by atoms with Crippen LogP contribution >= 0.6 is 0 Å². The average Bonchev–Trinajstić information content (AvgIpc) is 2.77. The van der Waals surface area contributed by atoms with Crippen LogP contribution in [0.4, 0.5) is 0 Å². The summed E-state index contributed by atoms with van der Waals surface area (Å²) in [5.74, 6) is 0.219. The second kappa shape index (κ2) is 13.7. The smallest absolute Gasteiger partial charge is 0.156 e. The Morgan fingerprint density at radius 1 is 1.21 bits per heavy atom. The van der Waals surface area contributed by atoms with Gasteiger partial charge in [0.1, 0.15) is 11.6 Å². The van der Waals surface area contributed by atoms with Crippen LogP contribution in [0, 0.1) is 5.41 Å². The molecule has 1 heterocycles. The molecule has 1 saturated heterocycles. The summed E-state index contributed by atoms with van der Waals surface area (Å²) in [4.78, 5) is 26.3. The molecule has 0 aromatic heterocycles. The second-order valence-corrected chi connectivity index (χ2v) is 8.30. The lowest BCUT2D eigenvalue weighted by atomic mass is 9.79. The van der Waals surface area contributed by atoms with E-state index in [4.69, 9.17) is 9.47 Å². The molecule has 164 valence electrons. The number of rotatable bonds is 7. The molecular weight excluding hydrogens is 356 g/mol. The molecule has 0 saturated carbocycles. The summed E-state index contributed by atoms with van der Waals surface area (Å²) >= 11 is 0. The summed E-state index contributed by atoms with van der Waals surface area (Å²) in [7, 11) is 3.20. The third-order valence-electron chi connectivity index (χ3n) is 4.61. The van der Waals surface area contributed by atoms with Crippen LogP contribution in [0.25, 0.3) is 0 Å². The molecule has 6 heteroatoms. The molecule has 1 N–H and O–H groups in total. The van der Waals surface area contributed by atoms with Crippen LogP contribution in [0.5, 0.6) is 0 Å². The van der Waals surface area contributed by atoms with Gasteiger partial charge < -0.3 is 9.47 Å². The number of Topliss-reactive ketones (excluding diaryl/α,β-unsaturated/α-hetero) is 2. The summed E-state index contributed by atoms with van der Waals surface area (Å²) in [6.07, 6.45) is 2.47. The summed E-state index contributed by atoms with van der Waals surface area (Å²) in [6, 6.07) is 0.0385. The van der Waals surface area contributed by atoms with E-state index in [2.05, 4.69) is 37.7 Å². The number of carbonyl (C=O) groups excluding carboxylic acids is 2. The molecule has 0 bridgehead atoms. The Balaban J connectivity index is 0. The van der Waals surface area contributed by atoms with Gasteiger partial charge in [0.15, 0.2) is 11.6 Å². The molecule has 0 aliphatic carbocycles. The first-order valence-electron chi connectivity index (χ1n) is 9.66. The predicted octanol–water partition coefficient (Wildman–Crippen LogP) is 3.63. The first-order valence-corrected chi connectivity index (χ1v) is 9.66. The molecule has 0 spiro atoms. The van der Waals surface area contributed by atoms with Crippen molar-refractivity contribution in [2.45, 2.75) is 79.4 Å². The fourth-order valence-electron chi connectivity index (χ4n) is 2.86. The van der Waals surface area contributed by atoms with Gasteiger partial charge in [-0.15, -0.1) is 6.58 Å². The summed E-state index contributed by atoms with van der Waals surface area (Å²) < 4.78 is 9.93. The van der Waals surface area contributed by atoms with E-state index in [1.54, 1.807) is 34.3 Å². The summed E-state index contributed by atoms with van der Waals surface area (Å²) in [6.45, 7) is 19.8. The van der Waals surface area contributed by atoms with E-state index in [0.29, 0.717) is 19.3 Å². The van der Waals surface area contributed by atoms with Crippen molar-refractivity contribution in [3.63, 3.8) is 0 Å². The average molecular weight is 399 g/mol. The van der Waals surface area contributed by atoms with Gasteiger partial charge in [-0.2, -0.15) is 0 Å². The molecule has 1 fully saturated rings. The highest BCUT2D eigenvalue weighted by Gasteiger charge is 2.50. The maximum Gasteiger partial charge on any atom is 0.156 e. The second-order valence-electron chi connectivity index (χ2n) is 8.30. The zero-order chi connectivity index (χ0) is 22.5. The van der Waals surface area contributed by atoms with Gasteiger partial charge >= 0.3 is 0 Å². The summed E-state index contributed by atoms with van der Waals surface area (Å²) in [5.41, 5.74) is 0.863. The molecule has 3 atom stereocenters. The molecule has 0 aromatic carbocycles. The minimum Gasteiger partial charge on any atom is -0.382 e. The lowest BCUT2D eigenvalue weighted by molar-refractivity contribution is -0.125. The Bertz CT molecular complexity index is 525. The fourth-order valence-corrected chi connectivity index (χ4v) is 2.86. The van der Waals surface area contributed by atoms with E-state index < -0.39 is 5.54 Å². The molecule has 28 heavy (non-hydrogen) atoms. The van der Waals surface area contributed by atoms with Gasteiger partial charge in [0.25, 0.3) is 0 Å². The van der Waals surface area contributed by atoms with Crippen LogP contribution in [0.2, 0.25) is 0 Å². The van der Waals surface area contributed by atoms with Gasteiger partial charge in [0, 0.05) is 20.3 Å². The van der Waals surface area contributed by atoms with E-state index in [9.17, 15) is 9.59 Å². The first kappa shape index (κ1) is 28.8. The van der Waals surface area contributed by atoms with Crippen molar-refractivity contribution in [3.8, 4) is 0 Å². The molecule has 1 aliphatic heterocycles. The van der Waals surface area contributed by atoms with Crippen molar-refractivity contribution >= 4 is 17.8 Å². The number of hydrogen-bond donors (Lipinski definition) is 1. The van der Waals surface area contributed by atoms with Crippen LogP contribution in [-0.4, -0.2) is 62.8 Å². The lowest BCUT2D eigenvalue weighted by Gasteiger charge is -2.26. The minimum atomic E-state index is -0.461. The van der Waals surface area contributed by atoms with Gasteiger partial charge in [-0.3, -0.25) is 19.9 Å². The first-order chi connectivity index (χ1) is 12.8. The Labute approximate surface area is 172 Å². The van der Waals surface area contributed by atoms with Gasteiger partial charge in [-0.05, 0) is 59.6 Å². The number of ketones is 2. The van der Waals surface area contributed by atoms with Crippen LogP contribution in [0.1, 0.15) is 61.8 Å².